The van der Waals surface area contributed by atoms with Crippen LogP contribution >= 0.6 is 11.6 Å². The average Bonchev–Trinajstić information content (AvgIpc) is 2.41. The van der Waals surface area contributed by atoms with E-state index in [2.05, 4.69) is 36.1 Å². The SMILES string of the molecule is Cc1ncccc1Oc1cc(CNC(C)(C)C)c(Cl)cn1. The van der Waals surface area contributed by atoms with Gasteiger partial charge in [0.25, 0.3) is 0 Å². The van der Waals surface area contributed by atoms with Crippen LogP contribution in [0.5, 0.6) is 11.6 Å². The van der Waals surface area contributed by atoms with Gasteiger partial charge in [-0.05, 0) is 45.4 Å². The van der Waals surface area contributed by atoms with Crippen LogP contribution in [0.25, 0.3) is 0 Å². The molecule has 0 aromatic carbocycles. The lowest BCUT2D eigenvalue weighted by Gasteiger charge is -2.21. The van der Waals surface area contributed by atoms with Crippen LogP contribution in [0.4, 0.5) is 0 Å². The van der Waals surface area contributed by atoms with E-state index in [9.17, 15) is 0 Å². The van der Waals surface area contributed by atoms with Gasteiger partial charge in [-0.3, -0.25) is 4.98 Å². The van der Waals surface area contributed by atoms with E-state index < -0.39 is 0 Å². The maximum absolute atomic E-state index is 6.19. The molecule has 0 atom stereocenters. The molecule has 2 rings (SSSR count). The van der Waals surface area contributed by atoms with Crippen LogP contribution in [0.3, 0.4) is 0 Å². The topological polar surface area (TPSA) is 47.0 Å². The van der Waals surface area contributed by atoms with Gasteiger partial charge in [-0.15, -0.1) is 0 Å². The van der Waals surface area contributed by atoms with Gasteiger partial charge < -0.3 is 10.1 Å². The predicted molar refractivity (Wildman–Crippen MR) is 84.9 cm³/mol. The van der Waals surface area contributed by atoms with E-state index in [0.29, 0.717) is 23.2 Å². The van der Waals surface area contributed by atoms with Crippen molar-refractivity contribution in [2.75, 3.05) is 0 Å². The van der Waals surface area contributed by atoms with E-state index in [-0.39, 0.29) is 5.54 Å². The molecule has 2 heterocycles. The third-order valence-corrected chi connectivity index (χ3v) is 3.23. The number of aryl methyl sites for hydroxylation is 1. The number of hydrogen-bond acceptors (Lipinski definition) is 4. The highest BCUT2D eigenvalue weighted by atomic mass is 35.5. The lowest BCUT2D eigenvalue weighted by Crippen LogP contribution is -2.35. The zero-order valence-corrected chi connectivity index (χ0v) is 13.5. The van der Waals surface area contributed by atoms with Crippen LogP contribution < -0.4 is 10.1 Å². The molecule has 0 aliphatic carbocycles. The fourth-order valence-corrected chi connectivity index (χ4v) is 1.87. The summed E-state index contributed by atoms with van der Waals surface area (Å²) in [6, 6.07) is 5.56. The first kappa shape index (κ1) is 15.7. The van der Waals surface area contributed by atoms with Crippen LogP contribution in [-0.2, 0) is 6.54 Å². The minimum atomic E-state index is 0.0214. The monoisotopic (exact) mass is 305 g/mol. The molecule has 2 aromatic rings. The summed E-state index contributed by atoms with van der Waals surface area (Å²) in [6.45, 7) is 8.88. The Kier molecular flexibility index (Phi) is 4.80. The summed E-state index contributed by atoms with van der Waals surface area (Å²) in [6.07, 6.45) is 3.35. The van der Waals surface area contributed by atoms with Crippen LogP contribution in [0.1, 0.15) is 32.0 Å². The highest BCUT2D eigenvalue weighted by molar-refractivity contribution is 6.31. The quantitative estimate of drug-likeness (QED) is 0.923. The second-order valence-corrected chi connectivity index (χ2v) is 6.31. The maximum atomic E-state index is 6.19. The van der Waals surface area contributed by atoms with E-state index in [1.165, 1.54) is 0 Å². The first-order valence-corrected chi connectivity index (χ1v) is 7.22. The number of nitrogens with one attached hydrogen (secondary N) is 1. The Morgan fingerprint density at radius 3 is 2.71 bits per heavy atom. The van der Waals surface area contributed by atoms with E-state index in [1.807, 2.05) is 25.1 Å². The summed E-state index contributed by atoms with van der Waals surface area (Å²) in [5, 5.41) is 4.03. The van der Waals surface area contributed by atoms with E-state index in [0.717, 1.165) is 11.3 Å². The Bertz CT molecular complexity index is 623. The molecule has 0 fully saturated rings. The van der Waals surface area contributed by atoms with Crippen molar-refractivity contribution in [1.29, 1.82) is 0 Å². The molecular weight excluding hydrogens is 286 g/mol. The molecule has 4 nitrogen and oxygen atoms in total. The van der Waals surface area contributed by atoms with Gasteiger partial charge in [-0.25, -0.2) is 4.98 Å². The lowest BCUT2D eigenvalue weighted by molar-refractivity contribution is 0.421. The van der Waals surface area contributed by atoms with Gasteiger partial charge in [0.15, 0.2) is 5.75 Å². The molecule has 0 unspecified atom stereocenters. The number of nitrogens with zero attached hydrogens (tertiary/aromatic N) is 2. The number of pyridine rings is 2. The van der Waals surface area contributed by atoms with E-state index >= 15 is 0 Å². The largest absolute Gasteiger partial charge is 0.437 e. The molecule has 5 heteroatoms. The Labute approximate surface area is 130 Å². The minimum absolute atomic E-state index is 0.0214. The molecule has 1 N–H and O–H groups in total. The Balaban J connectivity index is 2.17. The van der Waals surface area contributed by atoms with Crippen molar-refractivity contribution in [3.05, 3.63) is 46.9 Å². The standard InChI is InChI=1S/C16H20ClN3O/c1-11-14(6-5-7-18-11)21-15-8-12(13(17)10-19-15)9-20-16(2,3)4/h5-8,10,20H,9H2,1-4H3. The molecule has 0 radical (unpaired) electrons. The van der Waals surface area contributed by atoms with Gasteiger partial charge in [-0.2, -0.15) is 0 Å². The zero-order valence-electron chi connectivity index (χ0n) is 12.8. The number of aromatic nitrogens is 2. The Morgan fingerprint density at radius 2 is 2.05 bits per heavy atom. The predicted octanol–water partition coefficient (Wildman–Crippen LogP) is 4.12. The first-order chi connectivity index (χ1) is 9.85. The van der Waals surface area contributed by atoms with Gasteiger partial charge in [0, 0.05) is 30.5 Å². The fourth-order valence-electron chi connectivity index (χ4n) is 1.70. The van der Waals surface area contributed by atoms with Crippen molar-refractivity contribution >= 4 is 11.6 Å². The molecular formula is C16H20ClN3O. The van der Waals surface area contributed by atoms with Gasteiger partial charge in [0.2, 0.25) is 5.88 Å². The normalized spacial score (nSPS) is 11.5. The fraction of sp³-hybridized carbons (Fsp3) is 0.375. The van der Waals surface area contributed by atoms with Crippen molar-refractivity contribution in [3.8, 4) is 11.6 Å². The van der Waals surface area contributed by atoms with Crippen molar-refractivity contribution in [2.45, 2.75) is 39.8 Å². The molecule has 0 aliphatic rings. The summed E-state index contributed by atoms with van der Waals surface area (Å²) >= 11 is 6.19. The highest BCUT2D eigenvalue weighted by Crippen LogP contribution is 2.25. The second kappa shape index (κ2) is 6.41. The van der Waals surface area contributed by atoms with Gasteiger partial charge in [0.05, 0.1) is 10.7 Å². The molecule has 21 heavy (non-hydrogen) atoms. The number of hydrogen-bond donors (Lipinski definition) is 1. The minimum Gasteiger partial charge on any atom is -0.437 e. The van der Waals surface area contributed by atoms with Crippen LogP contribution in [0, 0.1) is 6.92 Å². The zero-order chi connectivity index (χ0) is 15.5. The first-order valence-electron chi connectivity index (χ1n) is 6.84. The highest BCUT2D eigenvalue weighted by Gasteiger charge is 2.12. The number of rotatable bonds is 4. The number of halogens is 1. The summed E-state index contributed by atoms with van der Waals surface area (Å²) in [4.78, 5) is 8.40. The van der Waals surface area contributed by atoms with Crippen molar-refractivity contribution in [2.24, 2.45) is 0 Å². The van der Waals surface area contributed by atoms with Crippen LogP contribution in [0.2, 0.25) is 5.02 Å². The Hall–Kier alpha value is -1.65. The molecule has 0 spiro atoms. The summed E-state index contributed by atoms with van der Waals surface area (Å²) in [7, 11) is 0. The second-order valence-electron chi connectivity index (χ2n) is 5.91. The summed E-state index contributed by atoms with van der Waals surface area (Å²) in [5.74, 6) is 1.21. The van der Waals surface area contributed by atoms with Gasteiger partial charge in [0.1, 0.15) is 0 Å². The maximum Gasteiger partial charge on any atom is 0.219 e. The average molecular weight is 306 g/mol. The molecule has 2 aromatic heterocycles. The molecule has 0 aliphatic heterocycles. The Morgan fingerprint density at radius 1 is 1.29 bits per heavy atom. The van der Waals surface area contributed by atoms with Gasteiger partial charge in [-0.1, -0.05) is 11.6 Å². The third-order valence-electron chi connectivity index (χ3n) is 2.89. The van der Waals surface area contributed by atoms with Crippen molar-refractivity contribution < 1.29 is 4.74 Å². The van der Waals surface area contributed by atoms with Crippen molar-refractivity contribution in [3.63, 3.8) is 0 Å². The van der Waals surface area contributed by atoms with Crippen LogP contribution in [-0.4, -0.2) is 15.5 Å². The molecule has 0 saturated carbocycles. The van der Waals surface area contributed by atoms with Crippen molar-refractivity contribution in [1.82, 2.24) is 15.3 Å². The smallest absolute Gasteiger partial charge is 0.219 e. The molecule has 0 saturated heterocycles. The van der Waals surface area contributed by atoms with E-state index in [4.69, 9.17) is 16.3 Å². The summed E-state index contributed by atoms with van der Waals surface area (Å²) in [5.41, 5.74) is 1.80. The molecule has 0 amide bonds. The lowest BCUT2D eigenvalue weighted by atomic mass is 10.1. The van der Waals surface area contributed by atoms with Gasteiger partial charge >= 0.3 is 0 Å². The van der Waals surface area contributed by atoms with Crippen LogP contribution in [0.15, 0.2) is 30.6 Å². The van der Waals surface area contributed by atoms with E-state index in [1.54, 1.807) is 12.4 Å². The molecule has 0 bridgehead atoms. The number of ether oxygens (including phenoxy) is 1. The summed E-state index contributed by atoms with van der Waals surface area (Å²) < 4.78 is 5.78. The third kappa shape index (κ3) is 4.69. The molecule has 112 valence electrons.